The second-order valence-electron chi connectivity index (χ2n) is 6.50. The minimum atomic E-state index is -1.57. The van der Waals surface area contributed by atoms with Gasteiger partial charge in [-0.2, -0.15) is 0 Å². The molecule has 2 N–H and O–H groups in total. The molecule has 0 bridgehead atoms. The van der Waals surface area contributed by atoms with Crippen molar-refractivity contribution in [2.75, 3.05) is 0 Å². The van der Waals surface area contributed by atoms with Gasteiger partial charge < -0.3 is 19.5 Å². The summed E-state index contributed by atoms with van der Waals surface area (Å²) in [4.78, 5) is 0. The highest BCUT2D eigenvalue weighted by Crippen LogP contribution is 2.24. The molecule has 0 saturated carbocycles. The van der Waals surface area contributed by atoms with Crippen LogP contribution in [0, 0.1) is 0 Å². The fourth-order valence-corrected chi connectivity index (χ4v) is 1.56. The van der Waals surface area contributed by atoms with E-state index in [0.717, 1.165) is 0 Å². The molecule has 1 aromatic rings. The third kappa shape index (κ3) is 5.53. The molecule has 0 spiro atoms. The second-order valence-corrected chi connectivity index (χ2v) is 6.50. The van der Waals surface area contributed by atoms with Gasteiger partial charge >= 0.3 is 7.12 Å². The normalized spacial score (nSPS) is 12.2. The van der Waals surface area contributed by atoms with Crippen LogP contribution in [0.4, 0.5) is 0 Å². The van der Waals surface area contributed by atoms with Gasteiger partial charge in [-0.05, 0) is 47.6 Å². The first-order valence-electron chi connectivity index (χ1n) is 6.36. The van der Waals surface area contributed by atoms with Gasteiger partial charge in [0, 0.05) is 11.5 Å². The molecule has 0 amide bonds. The predicted octanol–water partition coefficient (Wildman–Crippen LogP) is 1.72. The summed E-state index contributed by atoms with van der Waals surface area (Å²) in [5, 5.41) is 18.7. The largest absolute Gasteiger partial charge is 0.492 e. The molecule has 4 nitrogen and oxygen atoms in total. The van der Waals surface area contributed by atoms with Gasteiger partial charge in [-0.15, -0.1) is 0 Å². The lowest BCUT2D eigenvalue weighted by molar-refractivity contribution is 0.122. The minimum Gasteiger partial charge on any atom is -0.488 e. The Morgan fingerprint density at radius 2 is 1.42 bits per heavy atom. The van der Waals surface area contributed by atoms with Gasteiger partial charge in [0.15, 0.2) is 0 Å². The van der Waals surface area contributed by atoms with Crippen molar-refractivity contribution >= 4 is 12.6 Å². The summed E-state index contributed by atoms with van der Waals surface area (Å²) in [6, 6.07) is 4.99. The van der Waals surface area contributed by atoms with Crippen molar-refractivity contribution in [2.24, 2.45) is 0 Å². The van der Waals surface area contributed by atoms with Gasteiger partial charge in [0.1, 0.15) is 22.7 Å². The number of ether oxygens (including phenoxy) is 2. The SMILES string of the molecule is CC(C)(C)Oc1ccc(B(O)O)c(OC(C)(C)C)c1. The highest BCUT2D eigenvalue weighted by Gasteiger charge is 2.23. The molecule has 5 heteroatoms. The van der Waals surface area contributed by atoms with Crippen LogP contribution in [-0.4, -0.2) is 28.4 Å². The van der Waals surface area contributed by atoms with E-state index in [0.29, 0.717) is 17.0 Å². The number of hydrogen-bond donors (Lipinski definition) is 2. The van der Waals surface area contributed by atoms with Crippen LogP contribution in [0.25, 0.3) is 0 Å². The standard InChI is InChI=1S/C14H23BO4/c1-13(2,3)18-10-7-8-11(15(16)17)12(9-10)19-14(4,5)6/h7-9,16-17H,1-6H3. The molecular weight excluding hydrogens is 243 g/mol. The van der Waals surface area contributed by atoms with Crippen molar-refractivity contribution in [1.82, 2.24) is 0 Å². The van der Waals surface area contributed by atoms with Crippen LogP contribution in [0.1, 0.15) is 41.5 Å². The Hall–Kier alpha value is -1.20. The number of benzene rings is 1. The maximum absolute atomic E-state index is 9.36. The van der Waals surface area contributed by atoms with Crippen LogP contribution >= 0.6 is 0 Å². The first-order chi connectivity index (χ1) is 8.48. The van der Waals surface area contributed by atoms with Crippen molar-refractivity contribution in [3.8, 4) is 11.5 Å². The summed E-state index contributed by atoms with van der Waals surface area (Å²) < 4.78 is 11.5. The number of rotatable bonds is 3. The fourth-order valence-electron chi connectivity index (χ4n) is 1.56. The van der Waals surface area contributed by atoms with Crippen molar-refractivity contribution < 1.29 is 19.5 Å². The Labute approximate surface area is 115 Å². The molecular formula is C14H23BO4. The summed E-state index contributed by atoms with van der Waals surface area (Å²) in [7, 11) is -1.57. The van der Waals surface area contributed by atoms with Gasteiger partial charge in [-0.1, -0.05) is 6.07 Å². The molecule has 0 atom stereocenters. The van der Waals surface area contributed by atoms with Crippen LogP contribution in [-0.2, 0) is 0 Å². The molecule has 0 aliphatic rings. The first-order valence-corrected chi connectivity index (χ1v) is 6.36. The zero-order chi connectivity index (χ0) is 14.8. The Morgan fingerprint density at radius 3 is 1.84 bits per heavy atom. The van der Waals surface area contributed by atoms with E-state index >= 15 is 0 Å². The molecule has 0 unspecified atom stereocenters. The van der Waals surface area contributed by atoms with Crippen molar-refractivity contribution in [3.63, 3.8) is 0 Å². The lowest BCUT2D eigenvalue weighted by Gasteiger charge is -2.25. The van der Waals surface area contributed by atoms with Gasteiger partial charge in [0.05, 0.1) is 0 Å². The van der Waals surface area contributed by atoms with Crippen LogP contribution < -0.4 is 14.9 Å². The van der Waals surface area contributed by atoms with Crippen molar-refractivity contribution in [1.29, 1.82) is 0 Å². The smallest absolute Gasteiger partial charge is 0.488 e. The van der Waals surface area contributed by atoms with Crippen molar-refractivity contribution in [2.45, 2.75) is 52.7 Å². The maximum atomic E-state index is 9.36. The average Bonchev–Trinajstić information content (AvgIpc) is 2.11. The third-order valence-corrected chi connectivity index (χ3v) is 2.10. The van der Waals surface area contributed by atoms with E-state index in [2.05, 4.69) is 0 Å². The Bertz CT molecular complexity index is 430. The lowest BCUT2D eigenvalue weighted by Crippen LogP contribution is -2.35. The van der Waals surface area contributed by atoms with E-state index in [1.165, 1.54) is 0 Å². The highest BCUT2D eigenvalue weighted by molar-refractivity contribution is 6.59. The molecule has 0 saturated heterocycles. The van der Waals surface area contributed by atoms with E-state index in [1.807, 2.05) is 41.5 Å². The maximum Gasteiger partial charge on any atom is 0.492 e. The molecule has 0 fully saturated rings. The molecule has 1 aromatic carbocycles. The Morgan fingerprint density at radius 1 is 0.895 bits per heavy atom. The zero-order valence-corrected chi connectivity index (χ0v) is 12.5. The minimum absolute atomic E-state index is 0.321. The topological polar surface area (TPSA) is 58.9 Å². The Balaban J connectivity index is 3.11. The zero-order valence-electron chi connectivity index (χ0n) is 12.5. The van der Waals surface area contributed by atoms with Crippen LogP contribution in [0.5, 0.6) is 11.5 Å². The molecule has 0 aromatic heterocycles. The molecule has 1 rings (SSSR count). The van der Waals surface area contributed by atoms with Crippen molar-refractivity contribution in [3.05, 3.63) is 18.2 Å². The van der Waals surface area contributed by atoms with Gasteiger partial charge in [-0.3, -0.25) is 0 Å². The van der Waals surface area contributed by atoms with Gasteiger partial charge in [-0.25, -0.2) is 0 Å². The van der Waals surface area contributed by atoms with Crippen LogP contribution in [0.3, 0.4) is 0 Å². The van der Waals surface area contributed by atoms with E-state index < -0.39 is 12.7 Å². The van der Waals surface area contributed by atoms with Gasteiger partial charge in [0.25, 0.3) is 0 Å². The second kappa shape index (κ2) is 5.43. The highest BCUT2D eigenvalue weighted by atomic mass is 16.5. The van der Waals surface area contributed by atoms with E-state index in [1.54, 1.807) is 18.2 Å². The van der Waals surface area contributed by atoms with E-state index in [9.17, 15) is 10.0 Å². The molecule has 106 valence electrons. The van der Waals surface area contributed by atoms with Gasteiger partial charge in [0.2, 0.25) is 0 Å². The Kier molecular flexibility index (Phi) is 4.53. The summed E-state index contributed by atoms with van der Waals surface area (Å²) in [6.07, 6.45) is 0. The molecule has 0 aliphatic carbocycles. The molecule has 19 heavy (non-hydrogen) atoms. The molecule has 0 aliphatic heterocycles. The molecule has 0 radical (unpaired) electrons. The number of hydrogen-bond acceptors (Lipinski definition) is 4. The quantitative estimate of drug-likeness (QED) is 0.818. The van der Waals surface area contributed by atoms with Crippen LogP contribution in [0.15, 0.2) is 18.2 Å². The first kappa shape index (κ1) is 15.9. The van der Waals surface area contributed by atoms with E-state index in [4.69, 9.17) is 9.47 Å². The lowest BCUT2D eigenvalue weighted by atomic mass is 9.79. The predicted molar refractivity (Wildman–Crippen MR) is 77.0 cm³/mol. The van der Waals surface area contributed by atoms with Crippen LogP contribution in [0.2, 0.25) is 0 Å². The summed E-state index contributed by atoms with van der Waals surface area (Å²) in [6.45, 7) is 11.6. The summed E-state index contributed by atoms with van der Waals surface area (Å²) in [5.41, 5.74) is -0.418. The fraction of sp³-hybridized carbons (Fsp3) is 0.571. The monoisotopic (exact) mass is 266 g/mol. The summed E-state index contributed by atoms with van der Waals surface area (Å²) >= 11 is 0. The average molecular weight is 266 g/mol. The van der Waals surface area contributed by atoms with E-state index in [-0.39, 0.29) is 5.60 Å². The molecule has 0 heterocycles. The third-order valence-electron chi connectivity index (χ3n) is 2.10. The summed E-state index contributed by atoms with van der Waals surface area (Å²) in [5.74, 6) is 1.06.